The molecule has 0 saturated heterocycles. The van der Waals surface area contributed by atoms with E-state index in [9.17, 15) is 0 Å². The smallest absolute Gasteiger partial charge is 0.231 e. The van der Waals surface area contributed by atoms with Gasteiger partial charge in [0.2, 0.25) is 6.79 Å². The fourth-order valence-corrected chi connectivity index (χ4v) is 2.86. The maximum atomic E-state index is 5.73. The normalized spacial score (nSPS) is 12.9. The van der Waals surface area contributed by atoms with E-state index in [0.717, 1.165) is 48.4 Å². The van der Waals surface area contributed by atoms with E-state index in [1.54, 1.807) is 7.05 Å². The second kappa shape index (κ2) is 9.16. The molecule has 146 valence electrons. The molecule has 0 unspecified atom stereocenters. The summed E-state index contributed by atoms with van der Waals surface area (Å²) in [7, 11) is 1.76. The van der Waals surface area contributed by atoms with Crippen molar-refractivity contribution in [3.8, 4) is 17.2 Å². The molecule has 0 fully saturated rings. The summed E-state index contributed by atoms with van der Waals surface area (Å²) in [5.74, 6) is 3.00. The largest absolute Gasteiger partial charge is 0.492 e. The lowest BCUT2D eigenvalue weighted by Gasteiger charge is -2.13. The van der Waals surface area contributed by atoms with Gasteiger partial charge in [0, 0.05) is 31.9 Å². The van der Waals surface area contributed by atoms with E-state index in [4.69, 9.17) is 14.2 Å². The third-order valence-electron chi connectivity index (χ3n) is 4.17. The number of aliphatic imine (C=N–C) groups is 1. The molecule has 0 atom stereocenters. The number of ether oxygens (including phenoxy) is 3. The Hall–Kier alpha value is -2.90. The molecule has 1 aliphatic heterocycles. The van der Waals surface area contributed by atoms with Crippen LogP contribution in [0.1, 0.15) is 17.8 Å². The van der Waals surface area contributed by atoms with E-state index < -0.39 is 0 Å². The van der Waals surface area contributed by atoms with Crippen molar-refractivity contribution in [3.05, 3.63) is 35.7 Å². The molecule has 27 heavy (non-hydrogen) atoms. The zero-order valence-electron chi connectivity index (χ0n) is 16.1. The van der Waals surface area contributed by atoms with Crippen LogP contribution in [0.2, 0.25) is 0 Å². The van der Waals surface area contributed by atoms with Gasteiger partial charge in [-0.1, -0.05) is 0 Å². The molecular formula is C19H27N5O3. The van der Waals surface area contributed by atoms with Crippen molar-refractivity contribution >= 4 is 5.96 Å². The van der Waals surface area contributed by atoms with Crippen molar-refractivity contribution in [2.75, 3.05) is 33.5 Å². The fourth-order valence-electron chi connectivity index (χ4n) is 2.86. The Labute approximate surface area is 159 Å². The van der Waals surface area contributed by atoms with Gasteiger partial charge in [-0.25, -0.2) is 0 Å². The number of hydrogen-bond acceptors (Lipinski definition) is 5. The molecule has 0 amide bonds. The molecule has 8 nitrogen and oxygen atoms in total. The zero-order valence-corrected chi connectivity index (χ0v) is 16.1. The summed E-state index contributed by atoms with van der Waals surface area (Å²) in [5.41, 5.74) is 2.25. The lowest BCUT2D eigenvalue weighted by molar-refractivity contribution is 0.173. The van der Waals surface area contributed by atoms with Crippen molar-refractivity contribution in [2.24, 2.45) is 4.99 Å². The first-order valence-electron chi connectivity index (χ1n) is 9.14. The van der Waals surface area contributed by atoms with Gasteiger partial charge in [0.15, 0.2) is 17.5 Å². The molecule has 2 aromatic rings. The Balaban J connectivity index is 1.31. The minimum Gasteiger partial charge on any atom is -0.492 e. The Kier molecular flexibility index (Phi) is 6.40. The Morgan fingerprint density at radius 2 is 2.00 bits per heavy atom. The van der Waals surface area contributed by atoms with Gasteiger partial charge in [0.25, 0.3) is 0 Å². The third kappa shape index (κ3) is 5.29. The number of hydrogen-bond donors (Lipinski definition) is 2. The first-order valence-corrected chi connectivity index (χ1v) is 9.14. The van der Waals surface area contributed by atoms with Crippen LogP contribution in [-0.2, 0) is 6.54 Å². The Morgan fingerprint density at radius 1 is 1.19 bits per heavy atom. The highest BCUT2D eigenvalue weighted by Gasteiger charge is 2.13. The van der Waals surface area contributed by atoms with E-state index in [1.165, 1.54) is 5.69 Å². The van der Waals surface area contributed by atoms with Gasteiger partial charge in [-0.2, -0.15) is 5.10 Å². The number of aromatic nitrogens is 2. The molecule has 1 aromatic carbocycles. The number of fused-ring (bicyclic) bond motifs is 1. The molecule has 3 rings (SSSR count). The first-order chi connectivity index (χ1) is 13.2. The lowest BCUT2D eigenvalue weighted by atomic mass is 10.3. The minimum absolute atomic E-state index is 0.266. The lowest BCUT2D eigenvalue weighted by Crippen LogP contribution is -2.39. The number of guanidine groups is 1. The molecule has 0 radical (unpaired) electrons. The van der Waals surface area contributed by atoms with Gasteiger partial charge in [0.05, 0.1) is 12.2 Å². The molecule has 0 aliphatic carbocycles. The molecule has 2 N–H and O–H groups in total. The summed E-state index contributed by atoms with van der Waals surface area (Å²) in [6, 6.07) is 7.66. The van der Waals surface area contributed by atoms with Gasteiger partial charge >= 0.3 is 0 Å². The highest BCUT2D eigenvalue weighted by molar-refractivity contribution is 5.79. The van der Waals surface area contributed by atoms with E-state index in [1.807, 2.05) is 29.8 Å². The summed E-state index contributed by atoms with van der Waals surface area (Å²) in [6.45, 7) is 7.23. The number of benzene rings is 1. The average molecular weight is 373 g/mol. The van der Waals surface area contributed by atoms with Crippen LogP contribution in [0.4, 0.5) is 0 Å². The minimum atomic E-state index is 0.266. The molecule has 2 heterocycles. The highest BCUT2D eigenvalue weighted by Crippen LogP contribution is 2.34. The monoisotopic (exact) mass is 373 g/mol. The summed E-state index contributed by atoms with van der Waals surface area (Å²) >= 11 is 0. The standard InChI is InChI=1S/C19H27N5O3/c1-14-11-15(2)24(23-14)9-4-7-21-19(20-3)22-8-10-25-16-5-6-17-18(12-16)27-13-26-17/h5-6,11-12H,4,7-10,13H2,1-3H3,(H2,20,21,22). The number of aryl methyl sites for hydroxylation is 3. The number of nitrogens with zero attached hydrogens (tertiary/aromatic N) is 3. The topological polar surface area (TPSA) is 81.9 Å². The van der Waals surface area contributed by atoms with E-state index in [0.29, 0.717) is 13.2 Å². The van der Waals surface area contributed by atoms with Crippen molar-refractivity contribution in [3.63, 3.8) is 0 Å². The molecule has 1 aliphatic rings. The van der Waals surface area contributed by atoms with Crippen LogP contribution >= 0.6 is 0 Å². The van der Waals surface area contributed by atoms with Gasteiger partial charge in [0.1, 0.15) is 12.4 Å². The van der Waals surface area contributed by atoms with Gasteiger partial charge in [-0.15, -0.1) is 0 Å². The Bertz CT molecular complexity index is 788. The maximum Gasteiger partial charge on any atom is 0.231 e. The second-order valence-corrected chi connectivity index (χ2v) is 6.29. The SMILES string of the molecule is CN=C(NCCCn1nc(C)cc1C)NCCOc1ccc2c(c1)OCO2. The average Bonchev–Trinajstić information content (AvgIpc) is 3.25. The summed E-state index contributed by atoms with van der Waals surface area (Å²) in [5, 5.41) is 11.0. The first kappa shape index (κ1) is 18.9. The summed E-state index contributed by atoms with van der Waals surface area (Å²) < 4.78 is 18.4. The third-order valence-corrected chi connectivity index (χ3v) is 4.17. The fraction of sp³-hybridized carbons (Fsp3) is 0.474. The predicted molar refractivity (Wildman–Crippen MR) is 104 cm³/mol. The van der Waals surface area contributed by atoms with Crippen LogP contribution in [0.3, 0.4) is 0 Å². The number of rotatable bonds is 8. The van der Waals surface area contributed by atoms with Crippen LogP contribution in [0.25, 0.3) is 0 Å². The van der Waals surface area contributed by atoms with Crippen molar-refractivity contribution in [2.45, 2.75) is 26.8 Å². The van der Waals surface area contributed by atoms with Crippen LogP contribution in [0.15, 0.2) is 29.3 Å². The van der Waals surface area contributed by atoms with Crippen LogP contribution in [0, 0.1) is 13.8 Å². The van der Waals surface area contributed by atoms with E-state index in [-0.39, 0.29) is 6.79 Å². The van der Waals surface area contributed by atoms with Crippen LogP contribution in [0.5, 0.6) is 17.2 Å². The molecule has 1 aromatic heterocycles. The van der Waals surface area contributed by atoms with Crippen LogP contribution < -0.4 is 24.8 Å². The van der Waals surface area contributed by atoms with Crippen molar-refractivity contribution in [1.82, 2.24) is 20.4 Å². The molecule has 0 saturated carbocycles. The van der Waals surface area contributed by atoms with E-state index in [2.05, 4.69) is 33.7 Å². The maximum absolute atomic E-state index is 5.73. The summed E-state index contributed by atoms with van der Waals surface area (Å²) in [6.07, 6.45) is 0.969. The second-order valence-electron chi connectivity index (χ2n) is 6.29. The van der Waals surface area contributed by atoms with Crippen molar-refractivity contribution < 1.29 is 14.2 Å². The van der Waals surface area contributed by atoms with Gasteiger partial charge in [-0.05, 0) is 38.5 Å². The summed E-state index contributed by atoms with van der Waals surface area (Å²) in [4.78, 5) is 4.23. The van der Waals surface area contributed by atoms with Crippen molar-refractivity contribution in [1.29, 1.82) is 0 Å². The molecular weight excluding hydrogens is 346 g/mol. The molecule has 0 spiro atoms. The van der Waals surface area contributed by atoms with Gasteiger partial charge in [-0.3, -0.25) is 9.67 Å². The van der Waals surface area contributed by atoms with Crippen LogP contribution in [-0.4, -0.2) is 49.3 Å². The quantitative estimate of drug-likeness (QED) is 0.418. The highest BCUT2D eigenvalue weighted by atomic mass is 16.7. The number of nitrogens with one attached hydrogen (secondary N) is 2. The molecule has 8 heteroatoms. The van der Waals surface area contributed by atoms with E-state index >= 15 is 0 Å². The van der Waals surface area contributed by atoms with Gasteiger partial charge < -0.3 is 24.8 Å². The Morgan fingerprint density at radius 3 is 2.78 bits per heavy atom. The molecule has 0 bridgehead atoms. The predicted octanol–water partition coefficient (Wildman–Crippen LogP) is 1.86. The zero-order chi connectivity index (χ0) is 19.1.